The SMILES string of the molecule is Cc1occc1C(=O)N[C@@H](CC(N)=O)C(=O)O. The highest BCUT2D eigenvalue weighted by molar-refractivity contribution is 5.98. The van der Waals surface area contributed by atoms with Gasteiger partial charge < -0.3 is 20.6 Å². The van der Waals surface area contributed by atoms with Crippen molar-refractivity contribution >= 4 is 17.8 Å². The molecule has 1 aromatic rings. The summed E-state index contributed by atoms with van der Waals surface area (Å²) in [5, 5.41) is 11.0. The fourth-order valence-electron chi connectivity index (χ4n) is 1.26. The second-order valence-electron chi connectivity index (χ2n) is 3.43. The van der Waals surface area contributed by atoms with Gasteiger partial charge in [-0.25, -0.2) is 4.79 Å². The zero-order valence-electron chi connectivity index (χ0n) is 9.10. The Hall–Kier alpha value is -2.31. The van der Waals surface area contributed by atoms with Gasteiger partial charge in [-0.15, -0.1) is 0 Å². The molecule has 7 nitrogen and oxygen atoms in total. The summed E-state index contributed by atoms with van der Waals surface area (Å²) in [5.41, 5.74) is 5.11. The molecule has 1 heterocycles. The molecule has 0 fully saturated rings. The van der Waals surface area contributed by atoms with Crippen LogP contribution in [0, 0.1) is 6.92 Å². The summed E-state index contributed by atoms with van der Waals surface area (Å²) in [6.45, 7) is 1.57. The van der Waals surface area contributed by atoms with E-state index in [0.29, 0.717) is 5.76 Å². The minimum atomic E-state index is -1.34. The molecule has 0 radical (unpaired) electrons. The quantitative estimate of drug-likeness (QED) is 0.649. The van der Waals surface area contributed by atoms with Crippen molar-refractivity contribution < 1.29 is 23.9 Å². The third-order valence-corrected chi connectivity index (χ3v) is 2.11. The van der Waals surface area contributed by atoms with E-state index >= 15 is 0 Å². The van der Waals surface area contributed by atoms with E-state index in [1.165, 1.54) is 12.3 Å². The molecule has 0 aliphatic rings. The maximum Gasteiger partial charge on any atom is 0.326 e. The van der Waals surface area contributed by atoms with E-state index in [2.05, 4.69) is 5.32 Å². The molecule has 0 bridgehead atoms. The fourth-order valence-corrected chi connectivity index (χ4v) is 1.26. The lowest BCUT2D eigenvalue weighted by atomic mass is 10.1. The van der Waals surface area contributed by atoms with Gasteiger partial charge in [-0.3, -0.25) is 9.59 Å². The lowest BCUT2D eigenvalue weighted by Crippen LogP contribution is -2.43. The summed E-state index contributed by atoms with van der Waals surface area (Å²) < 4.78 is 4.91. The number of hydrogen-bond donors (Lipinski definition) is 3. The topological polar surface area (TPSA) is 123 Å². The van der Waals surface area contributed by atoms with Crippen LogP contribution in [-0.4, -0.2) is 28.9 Å². The zero-order chi connectivity index (χ0) is 13.0. The van der Waals surface area contributed by atoms with E-state index in [9.17, 15) is 14.4 Å². The Kier molecular flexibility index (Phi) is 3.86. The molecular formula is C10H12N2O5. The van der Waals surface area contributed by atoms with E-state index in [1.807, 2.05) is 0 Å². The van der Waals surface area contributed by atoms with Gasteiger partial charge in [0.1, 0.15) is 11.8 Å². The van der Waals surface area contributed by atoms with Crippen molar-refractivity contribution in [3.05, 3.63) is 23.7 Å². The monoisotopic (exact) mass is 240 g/mol. The van der Waals surface area contributed by atoms with E-state index in [4.69, 9.17) is 15.3 Å². The van der Waals surface area contributed by atoms with Gasteiger partial charge >= 0.3 is 5.97 Å². The highest BCUT2D eigenvalue weighted by Gasteiger charge is 2.23. The van der Waals surface area contributed by atoms with Gasteiger partial charge in [0, 0.05) is 0 Å². The number of carboxylic acid groups (broad SMARTS) is 1. The molecule has 92 valence electrons. The second-order valence-corrected chi connectivity index (χ2v) is 3.43. The zero-order valence-corrected chi connectivity index (χ0v) is 9.10. The molecule has 1 rings (SSSR count). The first-order chi connectivity index (χ1) is 7.91. The minimum Gasteiger partial charge on any atom is -0.480 e. The molecule has 1 aromatic heterocycles. The van der Waals surface area contributed by atoms with Crippen LogP contribution >= 0.6 is 0 Å². The molecule has 2 amide bonds. The molecule has 4 N–H and O–H groups in total. The predicted octanol–water partition coefficient (Wildman–Crippen LogP) is -0.354. The smallest absolute Gasteiger partial charge is 0.326 e. The Morgan fingerprint density at radius 3 is 2.59 bits per heavy atom. The molecule has 0 spiro atoms. The second kappa shape index (κ2) is 5.15. The first kappa shape index (κ1) is 12.8. The van der Waals surface area contributed by atoms with Gasteiger partial charge in [0.05, 0.1) is 18.2 Å². The largest absolute Gasteiger partial charge is 0.480 e. The summed E-state index contributed by atoms with van der Waals surface area (Å²) >= 11 is 0. The number of rotatable bonds is 5. The number of aryl methyl sites for hydroxylation is 1. The highest BCUT2D eigenvalue weighted by atomic mass is 16.4. The first-order valence-electron chi connectivity index (χ1n) is 4.78. The molecule has 0 aromatic carbocycles. The van der Waals surface area contributed by atoms with Crippen LogP contribution in [0.1, 0.15) is 22.5 Å². The lowest BCUT2D eigenvalue weighted by molar-refractivity contribution is -0.140. The molecule has 0 aliphatic heterocycles. The summed E-state index contributed by atoms with van der Waals surface area (Å²) in [4.78, 5) is 33.1. The molecule has 17 heavy (non-hydrogen) atoms. The van der Waals surface area contributed by atoms with E-state index in [1.54, 1.807) is 6.92 Å². The van der Waals surface area contributed by atoms with Crippen molar-refractivity contribution in [2.75, 3.05) is 0 Å². The third-order valence-electron chi connectivity index (χ3n) is 2.11. The van der Waals surface area contributed by atoms with Gasteiger partial charge in [0.15, 0.2) is 0 Å². The maximum absolute atomic E-state index is 11.6. The van der Waals surface area contributed by atoms with Crippen LogP contribution in [-0.2, 0) is 9.59 Å². The van der Waals surface area contributed by atoms with Gasteiger partial charge in [0.2, 0.25) is 5.91 Å². The van der Waals surface area contributed by atoms with Crippen molar-refractivity contribution in [1.29, 1.82) is 0 Å². The standard InChI is InChI=1S/C10H12N2O5/c1-5-6(2-3-17-5)9(14)12-7(10(15)16)4-8(11)13/h2-3,7H,4H2,1H3,(H2,11,13)(H,12,14)(H,15,16)/t7-/m0/s1. The number of furan rings is 1. The first-order valence-corrected chi connectivity index (χ1v) is 4.78. The van der Waals surface area contributed by atoms with Crippen molar-refractivity contribution in [2.24, 2.45) is 5.73 Å². The minimum absolute atomic E-state index is 0.223. The number of carbonyl (C=O) groups is 3. The van der Waals surface area contributed by atoms with Crippen LogP contribution in [0.5, 0.6) is 0 Å². The fraction of sp³-hybridized carbons (Fsp3) is 0.300. The number of amides is 2. The number of hydrogen-bond acceptors (Lipinski definition) is 4. The summed E-state index contributed by atoms with van der Waals surface area (Å²) in [7, 11) is 0. The molecule has 0 saturated heterocycles. The Morgan fingerprint density at radius 2 is 2.18 bits per heavy atom. The third kappa shape index (κ3) is 3.33. The van der Waals surface area contributed by atoms with Crippen LogP contribution < -0.4 is 11.1 Å². The molecule has 0 aliphatic carbocycles. The van der Waals surface area contributed by atoms with Crippen molar-refractivity contribution in [3.63, 3.8) is 0 Å². The average Bonchev–Trinajstić information content (AvgIpc) is 2.62. The highest BCUT2D eigenvalue weighted by Crippen LogP contribution is 2.08. The predicted molar refractivity (Wildman–Crippen MR) is 56.1 cm³/mol. The van der Waals surface area contributed by atoms with Crippen molar-refractivity contribution in [2.45, 2.75) is 19.4 Å². The number of nitrogens with two attached hydrogens (primary N) is 1. The molecule has 0 unspecified atom stereocenters. The number of primary amides is 1. The normalized spacial score (nSPS) is 11.8. The van der Waals surface area contributed by atoms with E-state index in [-0.39, 0.29) is 5.56 Å². The molecule has 7 heteroatoms. The van der Waals surface area contributed by atoms with Gasteiger partial charge in [-0.1, -0.05) is 0 Å². The van der Waals surface area contributed by atoms with Gasteiger partial charge in [-0.05, 0) is 13.0 Å². The summed E-state index contributed by atoms with van der Waals surface area (Å²) in [5.74, 6) is -2.38. The Bertz CT molecular complexity index is 451. The van der Waals surface area contributed by atoms with Gasteiger partial charge in [0.25, 0.3) is 5.91 Å². The number of carboxylic acids is 1. The number of nitrogens with one attached hydrogen (secondary N) is 1. The van der Waals surface area contributed by atoms with E-state index < -0.39 is 30.2 Å². The van der Waals surface area contributed by atoms with Crippen LogP contribution in [0.15, 0.2) is 16.7 Å². The maximum atomic E-state index is 11.6. The van der Waals surface area contributed by atoms with Crippen LogP contribution in [0.2, 0.25) is 0 Å². The molecular weight excluding hydrogens is 228 g/mol. The lowest BCUT2D eigenvalue weighted by Gasteiger charge is -2.12. The summed E-state index contributed by atoms with van der Waals surface area (Å²) in [6.07, 6.45) is 0.853. The average molecular weight is 240 g/mol. The van der Waals surface area contributed by atoms with Crippen LogP contribution in [0.25, 0.3) is 0 Å². The van der Waals surface area contributed by atoms with Crippen molar-refractivity contribution in [3.8, 4) is 0 Å². The Labute approximate surface area is 96.6 Å². The number of aliphatic carboxylic acids is 1. The molecule has 1 atom stereocenters. The molecule has 0 saturated carbocycles. The van der Waals surface area contributed by atoms with E-state index in [0.717, 1.165) is 0 Å². The Morgan fingerprint density at radius 1 is 1.53 bits per heavy atom. The summed E-state index contributed by atoms with van der Waals surface area (Å²) in [6, 6.07) is 0.0719. The van der Waals surface area contributed by atoms with Crippen molar-refractivity contribution in [1.82, 2.24) is 5.32 Å². The number of carbonyl (C=O) groups excluding carboxylic acids is 2. The van der Waals surface area contributed by atoms with Gasteiger partial charge in [-0.2, -0.15) is 0 Å². The van der Waals surface area contributed by atoms with Crippen LogP contribution in [0.4, 0.5) is 0 Å². The Balaban J connectivity index is 2.74. The van der Waals surface area contributed by atoms with Crippen LogP contribution in [0.3, 0.4) is 0 Å².